The third-order valence-electron chi connectivity index (χ3n) is 5.31. The fourth-order valence-electron chi connectivity index (χ4n) is 3.78. The molecule has 27 heavy (non-hydrogen) atoms. The summed E-state index contributed by atoms with van der Waals surface area (Å²) in [5, 5.41) is 13.6. The van der Waals surface area contributed by atoms with Crippen molar-refractivity contribution < 1.29 is 14.3 Å². The Balaban J connectivity index is 1.77. The van der Waals surface area contributed by atoms with Crippen LogP contribution < -0.4 is 0 Å². The van der Waals surface area contributed by atoms with Crippen LogP contribution in [0.15, 0.2) is 29.1 Å². The highest BCUT2D eigenvalue weighted by atomic mass is 79.9. The Labute approximate surface area is 163 Å². The van der Waals surface area contributed by atoms with Gasteiger partial charge in [-0.2, -0.15) is 5.10 Å². The van der Waals surface area contributed by atoms with Gasteiger partial charge in [0, 0.05) is 23.2 Å². The first-order chi connectivity index (χ1) is 13.0. The van der Waals surface area contributed by atoms with Crippen LogP contribution in [-0.4, -0.2) is 30.7 Å². The largest absolute Gasteiger partial charge is 0.481 e. The van der Waals surface area contributed by atoms with Crippen LogP contribution >= 0.6 is 15.9 Å². The van der Waals surface area contributed by atoms with E-state index in [4.69, 9.17) is 4.98 Å². The van der Waals surface area contributed by atoms with E-state index in [1.165, 1.54) is 6.07 Å². The zero-order valence-corrected chi connectivity index (χ0v) is 16.3. The average Bonchev–Trinajstić information content (AvgIpc) is 3.09. The molecule has 4 rings (SSSR count). The molecule has 0 spiro atoms. The molecular formula is C19H18BrFN4O2. The molecule has 1 saturated carbocycles. The van der Waals surface area contributed by atoms with E-state index in [9.17, 15) is 14.3 Å². The summed E-state index contributed by atoms with van der Waals surface area (Å²) in [6.07, 6.45) is 7.29. The lowest BCUT2D eigenvalue weighted by molar-refractivity contribution is -0.142. The van der Waals surface area contributed by atoms with Crippen molar-refractivity contribution in [1.82, 2.24) is 19.6 Å². The number of carboxylic acid groups (broad SMARTS) is 1. The molecule has 0 atom stereocenters. The summed E-state index contributed by atoms with van der Waals surface area (Å²) in [7, 11) is 0. The Bertz CT molecular complexity index is 1030. The Hall–Kier alpha value is -2.35. The van der Waals surface area contributed by atoms with Crippen LogP contribution in [-0.2, 0) is 4.79 Å². The van der Waals surface area contributed by atoms with Crippen molar-refractivity contribution in [3.05, 3.63) is 46.3 Å². The molecule has 0 saturated heterocycles. The van der Waals surface area contributed by atoms with Crippen LogP contribution in [0.5, 0.6) is 0 Å². The van der Waals surface area contributed by atoms with Crippen LogP contribution in [0.1, 0.15) is 43.0 Å². The molecule has 1 fully saturated rings. The van der Waals surface area contributed by atoms with E-state index in [0.717, 1.165) is 40.5 Å². The molecule has 0 amide bonds. The number of rotatable bonds is 3. The van der Waals surface area contributed by atoms with Crippen molar-refractivity contribution in [3.8, 4) is 11.1 Å². The molecule has 0 aromatic carbocycles. The highest BCUT2D eigenvalue weighted by molar-refractivity contribution is 9.10. The van der Waals surface area contributed by atoms with Gasteiger partial charge in [-0.05, 0) is 54.6 Å². The molecular weight excluding hydrogens is 415 g/mol. The summed E-state index contributed by atoms with van der Waals surface area (Å²) in [4.78, 5) is 20.0. The normalized spacial score (nSPS) is 20.1. The molecule has 1 aliphatic carbocycles. The Morgan fingerprint density at radius 1 is 1.26 bits per heavy atom. The second kappa shape index (κ2) is 6.99. The quantitative estimate of drug-likeness (QED) is 0.664. The van der Waals surface area contributed by atoms with Crippen LogP contribution in [0.25, 0.3) is 16.8 Å². The van der Waals surface area contributed by atoms with Gasteiger partial charge >= 0.3 is 5.97 Å². The number of halogens is 2. The van der Waals surface area contributed by atoms with Crippen molar-refractivity contribution in [1.29, 1.82) is 0 Å². The molecule has 3 heterocycles. The van der Waals surface area contributed by atoms with E-state index in [2.05, 4.69) is 26.0 Å². The number of aromatic nitrogens is 4. The van der Waals surface area contributed by atoms with Gasteiger partial charge in [0.15, 0.2) is 5.65 Å². The monoisotopic (exact) mass is 432 g/mol. The lowest BCUT2D eigenvalue weighted by Crippen LogP contribution is -2.21. The average molecular weight is 433 g/mol. The molecule has 0 unspecified atom stereocenters. The fourth-order valence-corrected chi connectivity index (χ4v) is 4.36. The molecule has 140 valence electrons. The number of carbonyl (C=O) groups is 1. The lowest BCUT2D eigenvalue weighted by atomic mass is 9.80. The van der Waals surface area contributed by atoms with Gasteiger partial charge in [-0.3, -0.25) is 9.78 Å². The fraction of sp³-hybridized carbons (Fsp3) is 0.368. The van der Waals surface area contributed by atoms with Gasteiger partial charge in [0.1, 0.15) is 5.82 Å². The lowest BCUT2D eigenvalue weighted by Gasteiger charge is -2.26. The minimum absolute atomic E-state index is 0.187. The molecule has 3 aromatic rings. The molecule has 6 nitrogen and oxygen atoms in total. The number of pyridine rings is 1. The van der Waals surface area contributed by atoms with E-state index in [1.807, 2.05) is 6.92 Å². The SMILES string of the molecule is Cc1c(Br)c(C2CCC(C(=O)O)CC2)nc2c(-c3cncc(F)c3)cnn12. The summed E-state index contributed by atoms with van der Waals surface area (Å²) in [6.45, 7) is 1.95. The summed E-state index contributed by atoms with van der Waals surface area (Å²) in [5.74, 6) is -1.21. The standard InChI is InChI=1S/C19H18BrFN4O2/c1-10-16(20)17(11-2-4-12(5-3-11)19(26)27)24-18-15(9-23-25(10)18)13-6-14(21)8-22-7-13/h6-9,11-12H,2-5H2,1H3,(H,26,27). The molecule has 0 aliphatic heterocycles. The first-order valence-corrected chi connectivity index (χ1v) is 9.62. The number of hydrogen-bond acceptors (Lipinski definition) is 4. The zero-order chi connectivity index (χ0) is 19.1. The van der Waals surface area contributed by atoms with Crippen LogP contribution in [0.4, 0.5) is 4.39 Å². The van der Waals surface area contributed by atoms with Gasteiger partial charge in [0.2, 0.25) is 0 Å². The second-order valence-electron chi connectivity index (χ2n) is 6.97. The molecule has 1 aliphatic rings. The summed E-state index contributed by atoms with van der Waals surface area (Å²) < 4.78 is 16.2. The third kappa shape index (κ3) is 3.22. The van der Waals surface area contributed by atoms with Crippen molar-refractivity contribution in [2.75, 3.05) is 0 Å². The van der Waals surface area contributed by atoms with Crippen molar-refractivity contribution in [2.45, 2.75) is 38.5 Å². The van der Waals surface area contributed by atoms with Crippen LogP contribution in [0, 0.1) is 18.7 Å². The maximum atomic E-state index is 13.6. The van der Waals surface area contributed by atoms with Crippen LogP contribution in [0.2, 0.25) is 0 Å². The second-order valence-corrected chi connectivity index (χ2v) is 7.76. The van der Waals surface area contributed by atoms with E-state index in [-0.39, 0.29) is 11.8 Å². The minimum atomic E-state index is -0.719. The van der Waals surface area contributed by atoms with E-state index in [1.54, 1.807) is 16.9 Å². The van der Waals surface area contributed by atoms with Gasteiger partial charge in [-0.25, -0.2) is 13.9 Å². The first-order valence-electron chi connectivity index (χ1n) is 8.83. The maximum Gasteiger partial charge on any atom is 0.306 e. The maximum absolute atomic E-state index is 13.6. The number of carboxylic acids is 1. The van der Waals surface area contributed by atoms with Crippen LogP contribution in [0.3, 0.4) is 0 Å². The van der Waals surface area contributed by atoms with Crippen molar-refractivity contribution >= 4 is 27.5 Å². The highest BCUT2D eigenvalue weighted by Crippen LogP contribution is 2.39. The van der Waals surface area contributed by atoms with Gasteiger partial charge in [-0.1, -0.05) is 0 Å². The number of aliphatic carboxylic acids is 1. The highest BCUT2D eigenvalue weighted by Gasteiger charge is 2.29. The van der Waals surface area contributed by atoms with Gasteiger partial charge < -0.3 is 5.11 Å². The Morgan fingerprint density at radius 3 is 2.67 bits per heavy atom. The molecule has 0 radical (unpaired) electrons. The number of aryl methyl sites for hydroxylation is 1. The molecule has 1 N–H and O–H groups in total. The minimum Gasteiger partial charge on any atom is -0.481 e. The van der Waals surface area contributed by atoms with Crippen molar-refractivity contribution in [3.63, 3.8) is 0 Å². The Kier molecular flexibility index (Phi) is 4.67. The number of hydrogen-bond donors (Lipinski definition) is 1. The summed E-state index contributed by atoms with van der Waals surface area (Å²) in [6, 6.07) is 1.42. The van der Waals surface area contributed by atoms with E-state index >= 15 is 0 Å². The van der Waals surface area contributed by atoms with Gasteiger partial charge in [0.05, 0.1) is 34.2 Å². The summed E-state index contributed by atoms with van der Waals surface area (Å²) in [5.41, 5.74) is 3.82. The van der Waals surface area contributed by atoms with E-state index in [0.29, 0.717) is 24.1 Å². The Morgan fingerprint density at radius 2 is 2.00 bits per heavy atom. The molecule has 3 aromatic heterocycles. The molecule has 0 bridgehead atoms. The van der Waals surface area contributed by atoms with Gasteiger partial charge in [0.25, 0.3) is 0 Å². The number of nitrogens with zero attached hydrogens (tertiary/aromatic N) is 4. The van der Waals surface area contributed by atoms with Crippen molar-refractivity contribution in [2.24, 2.45) is 5.92 Å². The first kappa shape index (κ1) is 18.0. The smallest absolute Gasteiger partial charge is 0.306 e. The zero-order valence-electron chi connectivity index (χ0n) is 14.7. The van der Waals surface area contributed by atoms with E-state index < -0.39 is 11.8 Å². The topological polar surface area (TPSA) is 80.4 Å². The number of fused-ring (bicyclic) bond motifs is 1. The predicted molar refractivity (Wildman–Crippen MR) is 101 cm³/mol. The summed E-state index contributed by atoms with van der Waals surface area (Å²) >= 11 is 3.65. The predicted octanol–water partition coefficient (Wildman–Crippen LogP) is 4.36. The third-order valence-corrected chi connectivity index (χ3v) is 6.29. The molecule has 8 heteroatoms. The van der Waals surface area contributed by atoms with Gasteiger partial charge in [-0.15, -0.1) is 0 Å².